The minimum atomic E-state index is -0.910. The van der Waals surface area contributed by atoms with E-state index in [2.05, 4.69) is 10.6 Å². The average molecular weight is 284 g/mol. The number of aliphatic carboxylic acids is 1. The van der Waals surface area contributed by atoms with Gasteiger partial charge in [-0.2, -0.15) is 0 Å². The minimum Gasteiger partial charge on any atom is -0.497 e. The maximum absolute atomic E-state index is 13.6. The molecule has 0 radical (unpaired) electrons. The van der Waals surface area contributed by atoms with E-state index in [-0.39, 0.29) is 19.5 Å². The lowest BCUT2D eigenvalue weighted by Crippen LogP contribution is -2.35. The number of ether oxygens (including phenoxy) is 1. The fourth-order valence-electron chi connectivity index (χ4n) is 1.48. The van der Waals surface area contributed by atoms with Crippen LogP contribution in [0.5, 0.6) is 5.75 Å². The predicted molar refractivity (Wildman–Crippen MR) is 70.1 cm³/mol. The number of methoxy groups -OCH3 is 1. The standard InChI is InChI=1S/C13H17FN2O4/c1-20-10-5-4-9(11(14)7-10)8-16-13(19)15-6-2-3-12(17)18/h4-5,7H,2-3,6,8H2,1H3,(H,17,18)(H2,15,16,19). The van der Waals surface area contributed by atoms with E-state index in [1.807, 2.05) is 0 Å². The number of urea groups is 1. The molecule has 1 aromatic carbocycles. The van der Waals surface area contributed by atoms with Crippen molar-refractivity contribution in [1.29, 1.82) is 0 Å². The first-order valence-corrected chi connectivity index (χ1v) is 6.09. The van der Waals surface area contributed by atoms with Gasteiger partial charge in [-0.05, 0) is 12.5 Å². The van der Waals surface area contributed by atoms with Gasteiger partial charge in [-0.1, -0.05) is 6.07 Å². The van der Waals surface area contributed by atoms with Crippen LogP contribution in [0.15, 0.2) is 18.2 Å². The number of hydrogen-bond donors (Lipinski definition) is 3. The molecule has 0 aliphatic carbocycles. The summed E-state index contributed by atoms with van der Waals surface area (Å²) in [5.74, 6) is -0.965. The number of carbonyl (C=O) groups excluding carboxylic acids is 1. The largest absolute Gasteiger partial charge is 0.497 e. The van der Waals surface area contributed by atoms with Gasteiger partial charge in [-0.25, -0.2) is 9.18 Å². The van der Waals surface area contributed by atoms with Gasteiger partial charge >= 0.3 is 12.0 Å². The Labute approximate surface area is 115 Å². The molecule has 0 aliphatic heterocycles. The molecular weight excluding hydrogens is 267 g/mol. The summed E-state index contributed by atoms with van der Waals surface area (Å²) in [7, 11) is 1.44. The van der Waals surface area contributed by atoms with Crippen LogP contribution in [-0.2, 0) is 11.3 Å². The summed E-state index contributed by atoms with van der Waals surface area (Å²) in [5.41, 5.74) is 0.339. The van der Waals surface area contributed by atoms with Crippen LogP contribution in [0.25, 0.3) is 0 Å². The molecular formula is C13H17FN2O4. The van der Waals surface area contributed by atoms with Crippen molar-refractivity contribution in [3.8, 4) is 5.75 Å². The van der Waals surface area contributed by atoms with Crippen LogP contribution in [0, 0.1) is 5.82 Å². The van der Waals surface area contributed by atoms with Gasteiger partial charge in [0.1, 0.15) is 11.6 Å². The Hall–Kier alpha value is -2.31. The molecule has 0 bridgehead atoms. The average Bonchev–Trinajstić information content (AvgIpc) is 2.42. The van der Waals surface area contributed by atoms with Gasteiger partial charge < -0.3 is 20.5 Å². The summed E-state index contributed by atoms with van der Waals surface area (Å²) < 4.78 is 18.4. The normalized spacial score (nSPS) is 9.90. The molecule has 0 saturated heterocycles. The van der Waals surface area contributed by atoms with Crippen LogP contribution in [-0.4, -0.2) is 30.8 Å². The highest BCUT2D eigenvalue weighted by Crippen LogP contribution is 2.15. The molecule has 0 heterocycles. The van der Waals surface area contributed by atoms with Crippen LogP contribution in [0.2, 0.25) is 0 Å². The van der Waals surface area contributed by atoms with Gasteiger partial charge in [0, 0.05) is 31.1 Å². The van der Waals surface area contributed by atoms with Crippen LogP contribution in [0.4, 0.5) is 9.18 Å². The second-order valence-electron chi connectivity index (χ2n) is 4.06. The molecule has 0 aromatic heterocycles. The molecule has 0 aliphatic rings. The number of amides is 2. The molecule has 3 N–H and O–H groups in total. The molecule has 6 nitrogen and oxygen atoms in total. The summed E-state index contributed by atoms with van der Waals surface area (Å²) in [6.07, 6.45) is 0.340. The molecule has 20 heavy (non-hydrogen) atoms. The highest BCUT2D eigenvalue weighted by molar-refractivity contribution is 5.73. The lowest BCUT2D eigenvalue weighted by molar-refractivity contribution is -0.137. The first-order chi connectivity index (χ1) is 9.52. The van der Waals surface area contributed by atoms with E-state index in [0.717, 1.165) is 0 Å². The molecule has 7 heteroatoms. The SMILES string of the molecule is COc1ccc(CNC(=O)NCCCC(=O)O)c(F)c1. The Bertz CT molecular complexity index is 479. The highest BCUT2D eigenvalue weighted by atomic mass is 19.1. The highest BCUT2D eigenvalue weighted by Gasteiger charge is 2.06. The molecule has 2 amide bonds. The van der Waals surface area contributed by atoms with Gasteiger partial charge in [-0.15, -0.1) is 0 Å². The van der Waals surface area contributed by atoms with Gasteiger partial charge in [0.15, 0.2) is 0 Å². The van der Waals surface area contributed by atoms with Gasteiger partial charge in [-0.3, -0.25) is 4.79 Å². The summed E-state index contributed by atoms with van der Waals surface area (Å²) in [6.45, 7) is 0.295. The second kappa shape index (κ2) is 7.98. The van der Waals surface area contributed by atoms with E-state index in [0.29, 0.717) is 17.7 Å². The van der Waals surface area contributed by atoms with Crippen LogP contribution < -0.4 is 15.4 Å². The lowest BCUT2D eigenvalue weighted by atomic mass is 10.2. The molecule has 0 atom stereocenters. The van der Waals surface area contributed by atoms with Crippen molar-refractivity contribution < 1.29 is 23.8 Å². The quantitative estimate of drug-likeness (QED) is 0.662. The molecule has 0 unspecified atom stereocenters. The second-order valence-corrected chi connectivity index (χ2v) is 4.06. The van der Waals surface area contributed by atoms with E-state index in [9.17, 15) is 14.0 Å². The molecule has 110 valence electrons. The third-order valence-corrected chi connectivity index (χ3v) is 2.55. The summed E-state index contributed by atoms with van der Waals surface area (Å²) in [5, 5.41) is 13.4. The lowest BCUT2D eigenvalue weighted by Gasteiger charge is -2.08. The predicted octanol–water partition coefficient (Wildman–Crippen LogP) is 1.50. The third kappa shape index (κ3) is 5.55. The zero-order valence-corrected chi connectivity index (χ0v) is 11.1. The number of hydrogen-bond acceptors (Lipinski definition) is 3. The number of benzene rings is 1. The van der Waals surface area contributed by atoms with Crippen molar-refractivity contribution in [1.82, 2.24) is 10.6 Å². The monoisotopic (exact) mass is 284 g/mol. The van der Waals surface area contributed by atoms with E-state index < -0.39 is 17.8 Å². The molecule has 0 fully saturated rings. The van der Waals surface area contributed by atoms with Crippen molar-refractivity contribution in [2.75, 3.05) is 13.7 Å². The Morgan fingerprint density at radius 1 is 1.35 bits per heavy atom. The number of halogens is 1. The zero-order chi connectivity index (χ0) is 15.0. The number of nitrogens with one attached hydrogen (secondary N) is 2. The van der Waals surface area contributed by atoms with Crippen molar-refractivity contribution >= 4 is 12.0 Å². The number of carboxylic acids is 1. The summed E-state index contributed by atoms with van der Waals surface area (Å²) >= 11 is 0. The Balaban J connectivity index is 2.32. The fraction of sp³-hybridized carbons (Fsp3) is 0.385. The van der Waals surface area contributed by atoms with Gasteiger partial charge in [0.05, 0.1) is 7.11 Å². The number of carbonyl (C=O) groups is 2. The smallest absolute Gasteiger partial charge is 0.315 e. The van der Waals surface area contributed by atoms with E-state index >= 15 is 0 Å². The Kier molecular flexibility index (Phi) is 6.28. The number of carboxylic acid groups (broad SMARTS) is 1. The topological polar surface area (TPSA) is 87.7 Å². The minimum absolute atomic E-state index is 0.00656. The fourth-order valence-corrected chi connectivity index (χ4v) is 1.48. The molecule has 0 saturated carbocycles. The maximum atomic E-state index is 13.6. The Morgan fingerprint density at radius 2 is 2.10 bits per heavy atom. The molecule has 0 spiro atoms. The van der Waals surface area contributed by atoms with E-state index in [1.165, 1.54) is 19.2 Å². The van der Waals surface area contributed by atoms with Crippen molar-refractivity contribution in [3.05, 3.63) is 29.6 Å². The van der Waals surface area contributed by atoms with Crippen LogP contribution in [0.1, 0.15) is 18.4 Å². The molecule has 1 aromatic rings. The van der Waals surface area contributed by atoms with Crippen molar-refractivity contribution in [2.45, 2.75) is 19.4 Å². The third-order valence-electron chi connectivity index (χ3n) is 2.55. The number of rotatable bonds is 7. The first-order valence-electron chi connectivity index (χ1n) is 6.09. The van der Waals surface area contributed by atoms with Crippen molar-refractivity contribution in [3.63, 3.8) is 0 Å². The summed E-state index contributed by atoms with van der Waals surface area (Å²) in [6, 6.07) is 3.90. The van der Waals surface area contributed by atoms with Gasteiger partial charge in [0.2, 0.25) is 0 Å². The van der Waals surface area contributed by atoms with E-state index in [1.54, 1.807) is 6.07 Å². The van der Waals surface area contributed by atoms with E-state index in [4.69, 9.17) is 9.84 Å². The van der Waals surface area contributed by atoms with Crippen LogP contribution in [0.3, 0.4) is 0 Å². The maximum Gasteiger partial charge on any atom is 0.315 e. The van der Waals surface area contributed by atoms with Crippen LogP contribution >= 0.6 is 0 Å². The molecule has 1 rings (SSSR count). The zero-order valence-electron chi connectivity index (χ0n) is 11.1. The Morgan fingerprint density at radius 3 is 2.70 bits per heavy atom. The first kappa shape index (κ1) is 15.7. The summed E-state index contributed by atoms with van der Waals surface area (Å²) in [4.78, 5) is 21.6. The van der Waals surface area contributed by atoms with Gasteiger partial charge in [0.25, 0.3) is 0 Å². The van der Waals surface area contributed by atoms with Crippen molar-refractivity contribution in [2.24, 2.45) is 0 Å².